The number of carbonyl (C=O) groups excluding carboxylic acids is 1. The smallest absolute Gasteiger partial charge is 0.256 e. The minimum Gasteiger partial charge on any atom is -0.398 e. The fraction of sp³-hybridized carbons (Fsp3) is 0.0588. The molecule has 1 heterocycles. The lowest BCUT2D eigenvalue weighted by molar-refractivity contribution is 0.102. The van der Waals surface area contributed by atoms with Crippen LogP contribution in [0.15, 0.2) is 54.9 Å². The molecule has 3 N–H and O–H groups in total. The number of amides is 1. The third-order valence-electron chi connectivity index (χ3n) is 3.55. The number of hydrogen-bond donors (Lipinski definition) is 2. The number of pyridine rings is 1. The highest BCUT2D eigenvalue weighted by molar-refractivity contribution is 6.10. The molecule has 104 valence electrons. The number of carbonyl (C=O) groups is 1. The van der Waals surface area contributed by atoms with Crippen molar-refractivity contribution in [2.24, 2.45) is 0 Å². The lowest BCUT2D eigenvalue weighted by Gasteiger charge is -2.11. The topological polar surface area (TPSA) is 68.0 Å². The second kappa shape index (κ2) is 5.25. The summed E-state index contributed by atoms with van der Waals surface area (Å²) in [5.41, 5.74) is 8.61. The molecule has 3 rings (SSSR count). The maximum Gasteiger partial charge on any atom is 0.256 e. The second-order valence-corrected chi connectivity index (χ2v) is 4.88. The van der Waals surface area contributed by atoms with Gasteiger partial charge in [0.05, 0.1) is 0 Å². The molecule has 0 aliphatic heterocycles. The molecular weight excluding hydrogens is 262 g/mol. The predicted molar refractivity (Wildman–Crippen MR) is 85.3 cm³/mol. The van der Waals surface area contributed by atoms with Gasteiger partial charge in [-0.15, -0.1) is 0 Å². The summed E-state index contributed by atoms with van der Waals surface area (Å²) in [7, 11) is 0. The van der Waals surface area contributed by atoms with Gasteiger partial charge in [0.2, 0.25) is 0 Å². The van der Waals surface area contributed by atoms with E-state index in [1.54, 1.807) is 30.6 Å². The van der Waals surface area contributed by atoms with Crippen molar-refractivity contribution in [1.29, 1.82) is 0 Å². The Labute approximate surface area is 122 Å². The number of anilines is 2. The third-order valence-corrected chi connectivity index (χ3v) is 3.55. The van der Waals surface area contributed by atoms with Crippen LogP contribution in [-0.4, -0.2) is 10.9 Å². The van der Waals surface area contributed by atoms with Gasteiger partial charge in [-0.2, -0.15) is 0 Å². The Hall–Kier alpha value is -2.88. The van der Waals surface area contributed by atoms with Crippen molar-refractivity contribution in [3.63, 3.8) is 0 Å². The standard InChI is InChI=1S/C17H15N3O/c1-11-13(5-3-6-15(11)18)17(21)20-16-7-2-4-12-10-19-9-8-14(12)16/h2-10H,18H2,1H3,(H,20,21). The van der Waals surface area contributed by atoms with E-state index in [2.05, 4.69) is 10.3 Å². The normalized spacial score (nSPS) is 10.5. The van der Waals surface area contributed by atoms with Gasteiger partial charge in [0.25, 0.3) is 5.91 Å². The molecule has 21 heavy (non-hydrogen) atoms. The number of rotatable bonds is 2. The number of hydrogen-bond acceptors (Lipinski definition) is 3. The van der Waals surface area contributed by atoms with Crippen molar-refractivity contribution in [1.82, 2.24) is 4.98 Å². The summed E-state index contributed by atoms with van der Waals surface area (Å²) >= 11 is 0. The summed E-state index contributed by atoms with van der Waals surface area (Å²) in [6.45, 7) is 1.84. The van der Waals surface area contributed by atoms with Crippen LogP contribution >= 0.6 is 0 Å². The molecule has 0 fully saturated rings. The van der Waals surface area contributed by atoms with E-state index < -0.39 is 0 Å². The molecule has 1 amide bonds. The second-order valence-electron chi connectivity index (χ2n) is 4.88. The zero-order chi connectivity index (χ0) is 14.8. The van der Waals surface area contributed by atoms with Crippen molar-refractivity contribution in [3.05, 3.63) is 66.0 Å². The SMILES string of the molecule is Cc1c(N)cccc1C(=O)Nc1cccc2cnccc12. The molecule has 0 unspecified atom stereocenters. The Morgan fingerprint density at radius 3 is 2.81 bits per heavy atom. The lowest BCUT2D eigenvalue weighted by Crippen LogP contribution is -2.14. The fourth-order valence-electron chi connectivity index (χ4n) is 2.32. The Kier molecular flexibility index (Phi) is 3.28. The first kappa shape index (κ1) is 13.1. The molecule has 0 aliphatic carbocycles. The van der Waals surface area contributed by atoms with Crippen LogP contribution in [0.4, 0.5) is 11.4 Å². The summed E-state index contributed by atoms with van der Waals surface area (Å²) in [5.74, 6) is -0.163. The van der Waals surface area contributed by atoms with E-state index in [1.165, 1.54) is 0 Å². The molecule has 0 aliphatic rings. The molecule has 0 saturated heterocycles. The van der Waals surface area contributed by atoms with Gasteiger partial charge < -0.3 is 11.1 Å². The average molecular weight is 277 g/mol. The molecular formula is C17H15N3O. The molecule has 0 spiro atoms. The monoisotopic (exact) mass is 277 g/mol. The van der Waals surface area contributed by atoms with Gasteiger partial charge in [-0.3, -0.25) is 9.78 Å². The van der Waals surface area contributed by atoms with Crippen molar-refractivity contribution >= 4 is 28.1 Å². The van der Waals surface area contributed by atoms with Gasteiger partial charge in [0, 0.05) is 40.1 Å². The number of nitrogens with two attached hydrogens (primary N) is 1. The molecule has 0 atom stereocenters. The number of aromatic nitrogens is 1. The number of fused-ring (bicyclic) bond motifs is 1. The zero-order valence-corrected chi connectivity index (χ0v) is 11.6. The average Bonchev–Trinajstić information content (AvgIpc) is 2.50. The minimum absolute atomic E-state index is 0.163. The van der Waals surface area contributed by atoms with Crippen molar-refractivity contribution in [2.75, 3.05) is 11.1 Å². The van der Waals surface area contributed by atoms with Gasteiger partial charge >= 0.3 is 0 Å². The quantitative estimate of drug-likeness (QED) is 0.706. The van der Waals surface area contributed by atoms with E-state index in [0.29, 0.717) is 11.3 Å². The lowest BCUT2D eigenvalue weighted by atomic mass is 10.1. The summed E-state index contributed by atoms with van der Waals surface area (Å²) in [4.78, 5) is 16.5. The Morgan fingerprint density at radius 2 is 1.95 bits per heavy atom. The highest BCUT2D eigenvalue weighted by Gasteiger charge is 2.12. The molecule has 2 aromatic carbocycles. The Bertz CT molecular complexity index is 822. The van der Waals surface area contributed by atoms with E-state index in [0.717, 1.165) is 22.0 Å². The van der Waals surface area contributed by atoms with E-state index in [-0.39, 0.29) is 5.91 Å². The van der Waals surface area contributed by atoms with Crippen LogP contribution in [0.25, 0.3) is 10.8 Å². The van der Waals surface area contributed by atoms with E-state index in [9.17, 15) is 4.79 Å². The van der Waals surface area contributed by atoms with Crippen LogP contribution in [0, 0.1) is 6.92 Å². The maximum absolute atomic E-state index is 12.4. The van der Waals surface area contributed by atoms with Crippen LogP contribution in [0.2, 0.25) is 0 Å². The molecule has 4 heteroatoms. The summed E-state index contributed by atoms with van der Waals surface area (Å²) in [6.07, 6.45) is 3.49. The van der Waals surface area contributed by atoms with Crippen LogP contribution in [0.5, 0.6) is 0 Å². The number of nitrogen functional groups attached to an aromatic ring is 1. The van der Waals surface area contributed by atoms with Gasteiger partial charge in [-0.05, 0) is 36.8 Å². The minimum atomic E-state index is -0.163. The Morgan fingerprint density at radius 1 is 1.14 bits per heavy atom. The summed E-state index contributed by atoms with van der Waals surface area (Å²) in [6, 6.07) is 13.0. The fourth-order valence-corrected chi connectivity index (χ4v) is 2.32. The molecule has 0 bridgehead atoms. The van der Waals surface area contributed by atoms with Crippen LogP contribution in [0.1, 0.15) is 15.9 Å². The summed E-state index contributed by atoms with van der Waals surface area (Å²) < 4.78 is 0. The molecule has 4 nitrogen and oxygen atoms in total. The van der Waals surface area contributed by atoms with E-state index in [4.69, 9.17) is 5.73 Å². The number of benzene rings is 2. The maximum atomic E-state index is 12.4. The number of nitrogens with zero attached hydrogens (tertiary/aromatic N) is 1. The summed E-state index contributed by atoms with van der Waals surface area (Å²) in [5, 5.41) is 4.89. The van der Waals surface area contributed by atoms with Gasteiger partial charge in [0.15, 0.2) is 0 Å². The van der Waals surface area contributed by atoms with Crippen LogP contribution < -0.4 is 11.1 Å². The molecule has 1 aromatic heterocycles. The third kappa shape index (κ3) is 2.43. The molecule has 0 radical (unpaired) electrons. The molecule has 0 saturated carbocycles. The van der Waals surface area contributed by atoms with Gasteiger partial charge in [-0.1, -0.05) is 18.2 Å². The first-order valence-electron chi connectivity index (χ1n) is 6.66. The highest BCUT2D eigenvalue weighted by Crippen LogP contribution is 2.24. The first-order valence-corrected chi connectivity index (χ1v) is 6.66. The first-order chi connectivity index (χ1) is 10.2. The van der Waals surface area contributed by atoms with Crippen LogP contribution in [-0.2, 0) is 0 Å². The van der Waals surface area contributed by atoms with Gasteiger partial charge in [0.1, 0.15) is 0 Å². The predicted octanol–water partition coefficient (Wildman–Crippen LogP) is 3.38. The van der Waals surface area contributed by atoms with Crippen molar-refractivity contribution in [3.8, 4) is 0 Å². The molecule has 3 aromatic rings. The van der Waals surface area contributed by atoms with E-state index in [1.807, 2.05) is 31.2 Å². The largest absolute Gasteiger partial charge is 0.398 e. The van der Waals surface area contributed by atoms with Gasteiger partial charge in [-0.25, -0.2) is 0 Å². The van der Waals surface area contributed by atoms with E-state index >= 15 is 0 Å². The Balaban J connectivity index is 1.99. The van der Waals surface area contributed by atoms with Crippen molar-refractivity contribution in [2.45, 2.75) is 6.92 Å². The zero-order valence-electron chi connectivity index (χ0n) is 11.6. The number of nitrogens with one attached hydrogen (secondary N) is 1. The van der Waals surface area contributed by atoms with Crippen molar-refractivity contribution < 1.29 is 4.79 Å². The highest BCUT2D eigenvalue weighted by atomic mass is 16.1. The van der Waals surface area contributed by atoms with Crippen LogP contribution in [0.3, 0.4) is 0 Å².